The fourth-order valence-corrected chi connectivity index (χ4v) is 4.02. The van der Waals surface area contributed by atoms with Crippen molar-refractivity contribution in [3.05, 3.63) is 0 Å². The highest BCUT2D eigenvalue weighted by Gasteiger charge is 2.66. The van der Waals surface area contributed by atoms with Crippen LogP contribution < -0.4 is 0 Å². The zero-order chi connectivity index (χ0) is 13.7. The topological polar surface area (TPSA) is 78.9 Å². The van der Waals surface area contributed by atoms with E-state index < -0.39 is 0 Å². The molecule has 3 rings (SSSR count). The Balaban J connectivity index is 1.85. The summed E-state index contributed by atoms with van der Waals surface area (Å²) in [6, 6.07) is 0. The van der Waals surface area contributed by atoms with Gasteiger partial charge >= 0.3 is 17.9 Å². The third-order valence-electron chi connectivity index (χ3n) is 4.46. The van der Waals surface area contributed by atoms with Crippen molar-refractivity contribution in [2.45, 2.75) is 32.5 Å². The number of carbonyl (C=O) groups is 3. The molecule has 1 aliphatic heterocycles. The van der Waals surface area contributed by atoms with Gasteiger partial charge in [0.2, 0.25) is 0 Å². The molecule has 0 aromatic rings. The molecule has 6 nitrogen and oxygen atoms in total. The Labute approximate surface area is 110 Å². The standard InChI is InChI=1S/C13H16O6/c1-5(14)18-9-3-7-10-8(4-17-13(10)16)11(9)12(7)19-6(2)15/h7-12H,3-4H2,1-2H3/t7-,8+,9+,10-,11-,12-/m0/s1. The van der Waals surface area contributed by atoms with E-state index in [-0.39, 0.29) is 53.8 Å². The van der Waals surface area contributed by atoms with E-state index in [0.29, 0.717) is 13.0 Å². The van der Waals surface area contributed by atoms with Gasteiger partial charge in [0.05, 0.1) is 12.5 Å². The third kappa shape index (κ3) is 1.81. The molecule has 1 heterocycles. The summed E-state index contributed by atoms with van der Waals surface area (Å²) in [6.07, 6.45) is -0.0364. The van der Waals surface area contributed by atoms with Gasteiger partial charge in [-0.15, -0.1) is 0 Å². The lowest BCUT2D eigenvalue weighted by Gasteiger charge is -2.27. The molecule has 2 bridgehead atoms. The molecule has 0 spiro atoms. The minimum atomic E-state index is -0.364. The van der Waals surface area contributed by atoms with Crippen molar-refractivity contribution < 1.29 is 28.6 Å². The fraction of sp³-hybridized carbons (Fsp3) is 0.769. The minimum absolute atomic E-state index is 0.0000463. The largest absolute Gasteiger partial charge is 0.465 e. The van der Waals surface area contributed by atoms with Crippen LogP contribution in [0.2, 0.25) is 0 Å². The SMILES string of the molecule is CC(=O)O[C@H]1[C@H]2C[C@@H](OC(C)=O)[C@@H]1[C@@H]1COC(=O)[C@@H]21. The fourth-order valence-electron chi connectivity index (χ4n) is 4.02. The lowest BCUT2D eigenvalue weighted by Crippen LogP contribution is -2.35. The first-order valence-corrected chi connectivity index (χ1v) is 6.50. The Hall–Kier alpha value is -1.59. The van der Waals surface area contributed by atoms with Crippen molar-refractivity contribution in [1.82, 2.24) is 0 Å². The Morgan fingerprint density at radius 2 is 1.84 bits per heavy atom. The third-order valence-corrected chi connectivity index (χ3v) is 4.46. The lowest BCUT2D eigenvalue weighted by atomic mass is 9.80. The van der Waals surface area contributed by atoms with Crippen molar-refractivity contribution in [3.8, 4) is 0 Å². The molecular formula is C13H16O6. The van der Waals surface area contributed by atoms with E-state index in [0.717, 1.165) is 0 Å². The Morgan fingerprint density at radius 1 is 1.16 bits per heavy atom. The molecule has 3 aliphatic rings. The molecule has 0 radical (unpaired) electrons. The Bertz CT molecular complexity index is 444. The van der Waals surface area contributed by atoms with Crippen LogP contribution in [0.25, 0.3) is 0 Å². The lowest BCUT2D eigenvalue weighted by molar-refractivity contribution is -0.155. The van der Waals surface area contributed by atoms with Crippen LogP contribution in [0.5, 0.6) is 0 Å². The number of cyclic esters (lactones) is 1. The number of hydrogen-bond acceptors (Lipinski definition) is 6. The summed E-state index contributed by atoms with van der Waals surface area (Å²) in [4.78, 5) is 34.1. The number of esters is 3. The maximum absolute atomic E-state index is 11.7. The van der Waals surface area contributed by atoms with Gasteiger partial charge in [0, 0.05) is 31.6 Å². The molecule has 6 atom stereocenters. The van der Waals surface area contributed by atoms with Gasteiger partial charge < -0.3 is 14.2 Å². The number of rotatable bonds is 2. The normalized spacial score (nSPS) is 42.7. The monoisotopic (exact) mass is 268 g/mol. The zero-order valence-corrected chi connectivity index (χ0v) is 10.8. The van der Waals surface area contributed by atoms with Crippen molar-refractivity contribution in [3.63, 3.8) is 0 Å². The van der Waals surface area contributed by atoms with Gasteiger partial charge in [-0.1, -0.05) is 0 Å². The summed E-state index contributed by atoms with van der Waals surface area (Å²) in [5.74, 6) is -1.33. The molecule has 19 heavy (non-hydrogen) atoms. The number of hydrogen-bond donors (Lipinski definition) is 0. The van der Waals surface area contributed by atoms with Gasteiger partial charge in [-0.05, 0) is 6.42 Å². The van der Waals surface area contributed by atoms with E-state index in [1.54, 1.807) is 0 Å². The minimum Gasteiger partial charge on any atom is -0.465 e. The molecular weight excluding hydrogens is 252 g/mol. The summed E-state index contributed by atoms with van der Waals surface area (Å²) < 4.78 is 15.7. The highest BCUT2D eigenvalue weighted by molar-refractivity contribution is 5.77. The van der Waals surface area contributed by atoms with Crippen molar-refractivity contribution in [1.29, 1.82) is 0 Å². The van der Waals surface area contributed by atoms with Gasteiger partial charge in [-0.25, -0.2) is 0 Å². The van der Waals surface area contributed by atoms with Gasteiger partial charge in [-0.2, -0.15) is 0 Å². The van der Waals surface area contributed by atoms with E-state index >= 15 is 0 Å². The van der Waals surface area contributed by atoms with Gasteiger partial charge in [-0.3, -0.25) is 14.4 Å². The average molecular weight is 268 g/mol. The first-order chi connectivity index (χ1) is 8.99. The van der Waals surface area contributed by atoms with Crippen LogP contribution in [0.1, 0.15) is 20.3 Å². The molecule has 0 amide bonds. The predicted molar refractivity (Wildman–Crippen MR) is 60.6 cm³/mol. The predicted octanol–water partition coefficient (Wildman–Crippen LogP) is 0.289. The summed E-state index contributed by atoms with van der Waals surface area (Å²) in [5, 5.41) is 0. The zero-order valence-electron chi connectivity index (χ0n) is 10.8. The van der Waals surface area contributed by atoms with Crippen molar-refractivity contribution >= 4 is 17.9 Å². The molecule has 0 N–H and O–H groups in total. The molecule has 1 saturated heterocycles. The molecule has 6 heteroatoms. The Morgan fingerprint density at radius 3 is 2.47 bits per heavy atom. The summed E-state index contributed by atoms with van der Waals surface area (Å²) in [7, 11) is 0. The van der Waals surface area contributed by atoms with Crippen LogP contribution in [0.3, 0.4) is 0 Å². The second-order valence-electron chi connectivity index (χ2n) is 5.52. The van der Waals surface area contributed by atoms with Gasteiger partial charge in [0.15, 0.2) is 0 Å². The highest BCUT2D eigenvalue weighted by Crippen LogP contribution is 2.57. The van der Waals surface area contributed by atoms with E-state index in [1.165, 1.54) is 13.8 Å². The maximum atomic E-state index is 11.7. The molecule has 2 aliphatic carbocycles. The molecule has 3 fully saturated rings. The molecule has 2 saturated carbocycles. The Kier molecular flexibility index (Phi) is 2.76. The first-order valence-electron chi connectivity index (χ1n) is 6.50. The van der Waals surface area contributed by atoms with E-state index in [2.05, 4.69) is 0 Å². The smallest absolute Gasteiger partial charge is 0.309 e. The van der Waals surface area contributed by atoms with Crippen LogP contribution >= 0.6 is 0 Å². The van der Waals surface area contributed by atoms with Crippen LogP contribution in [0.15, 0.2) is 0 Å². The van der Waals surface area contributed by atoms with Crippen LogP contribution in [-0.4, -0.2) is 36.7 Å². The van der Waals surface area contributed by atoms with Crippen molar-refractivity contribution in [2.75, 3.05) is 6.61 Å². The summed E-state index contributed by atoms with van der Waals surface area (Å²) >= 11 is 0. The molecule has 104 valence electrons. The molecule has 0 aromatic heterocycles. The number of carbonyl (C=O) groups excluding carboxylic acids is 3. The molecule has 0 aromatic carbocycles. The van der Waals surface area contributed by atoms with Crippen LogP contribution in [0.4, 0.5) is 0 Å². The van der Waals surface area contributed by atoms with Gasteiger partial charge in [0.1, 0.15) is 12.2 Å². The van der Waals surface area contributed by atoms with E-state index in [4.69, 9.17) is 14.2 Å². The second kappa shape index (κ2) is 4.21. The van der Waals surface area contributed by atoms with E-state index in [1.807, 2.05) is 0 Å². The van der Waals surface area contributed by atoms with Gasteiger partial charge in [0.25, 0.3) is 0 Å². The van der Waals surface area contributed by atoms with Crippen LogP contribution in [0, 0.1) is 23.7 Å². The van der Waals surface area contributed by atoms with Crippen molar-refractivity contribution in [2.24, 2.45) is 23.7 Å². The summed E-state index contributed by atoms with van der Waals surface area (Å²) in [5.41, 5.74) is 0. The maximum Gasteiger partial charge on any atom is 0.309 e. The molecule has 0 unspecified atom stereocenters. The number of fused-ring (bicyclic) bond motifs is 5. The second-order valence-corrected chi connectivity index (χ2v) is 5.52. The number of ether oxygens (including phenoxy) is 3. The van der Waals surface area contributed by atoms with E-state index in [9.17, 15) is 14.4 Å². The summed E-state index contributed by atoms with van der Waals surface area (Å²) in [6.45, 7) is 3.05. The van der Waals surface area contributed by atoms with Crippen LogP contribution in [-0.2, 0) is 28.6 Å². The first kappa shape index (κ1) is 12.4. The quantitative estimate of drug-likeness (QED) is 0.529. The average Bonchev–Trinajstić information content (AvgIpc) is 2.89. The highest BCUT2D eigenvalue weighted by atomic mass is 16.6.